The van der Waals surface area contributed by atoms with Gasteiger partial charge >= 0.3 is 0 Å². The zero-order valence-electron chi connectivity index (χ0n) is 15.4. The standard InChI is InChI=1S/C20H19N5O3/c1-2-20-12-27-9-8-25(20)18-15(23-19(20)26)11-21-17(24-18)14-10-22-28-16(14)13-6-4-3-5-7-13/h3-7,10-11H,2,8-9,12H2,1H3,(H,23,26). The molecule has 0 saturated carbocycles. The second kappa shape index (κ2) is 6.42. The SMILES string of the molecule is CCC12COCCN1c1nc(-c3cnoc3-c3ccccc3)ncc1NC2=O. The van der Waals surface area contributed by atoms with Gasteiger partial charge in [-0.1, -0.05) is 42.4 Å². The number of carbonyl (C=O) groups excluding carboxylic acids is 1. The number of fused-ring (bicyclic) bond motifs is 3. The molecule has 4 heterocycles. The molecule has 0 spiro atoms. The minimum atomic E-state index is -0.742. The first-order valence-corrected chi connectivity index (χ1v) is 9.27. The lowest BCUT2D eigenvalue weighted by Gasteiger charge is -2.48. The minimum Gasteiger partial charge on any atom is -0.377 e. The Hall–Kier alpha value is -3.26. The quantitative estimate of drug-likeness (QED) is 0.750. The van der Waals surface area contributed by atoms with Crippen LogP contribution >= 0.6 is 0 Å². The molecule has 1 fully saturated rings. The largest absolute Gasteiger partial charge is 0.377 e. The molecule has 3 aromatic rings. The van der Waals surface area contributed by atoms with E-state index in [-0.39, 0.29) is 5.91 Å². The van der Waals surface area contributed by atoms with Crippen LogP contribution in [0.1, 0.15) is 13.3 Å². The fourth-order valence-electron chi connectivity index (χ4n) is 3.87. The molecule has 5 rings (SSSR count). The zero-order valence-corrected chi connectivity index (χ0v) is 15.4. The van der Waals surface area contributed by atoms with Crippen molar-refractivity contribution in [3.63, 3.8) is 0 Å². The smallest absolute Gasteiger partial charge is 0.252 e. The number of aromatic nitrogens is 3. The number of anilines is 2. The van der Waals surface area contributed by atoms with Crippen molar-refractivity contribution in [2.75, 3.05) is 30.0 Å². The maximum Gasteiger partial charge on any atom is 0.252 e. The molecule has 2 aliphatic rings. The summed E-state index contributed by atoms with van der Waals surface area (Å²) < 4.78 is 11.1. The van der Waals surface area contributed by atoms with Crippen molar-refractivity contribution in [3.8, 4) is 22.7 Å². The number of nitrogens with zero attached hydrogens (tertiary/aromatic N) is 4. The van der Waals surface area contributed by atoms with E-state index in [0.29, 0.717) is 54.8 Å². The molecule has 2 aromatic heterocycles. The zero-order chi connectivity index (χ0) is 19.1. The Kier molecular flexibility index (Phi) is 3.87. The van der Waals surface area contributed by atoms with Gasteiger partial charge in [0.05, 0.1) is 31.2 Å². The third-order valence-corrected chi connectivity index (χ3v) is 5.44. The van der Waals surface area contributed by atoms with Crippen LogP contribution in [0.5, 0.6) is 0 Å². The number of benzene rings is 1. The van der Waals surface area contributed by atoms with Crippen LogP contribution in [0.25, 0.3) is 22.7 Å². The summed E-state index contributed by atoms with van der Waals surface area (Å²) in [6.07, 6.45) is 3.89. The van der Waals surface area contributed by atoms with Crippen molar-refractivity contribution >= 4 is 17.4 Å². The van der Waals surface area contributed by atoms with Crippen LogP contribution in [-0.2, 0) is 9.53 Å². The summed E-state index contributed by atoms with van der Waals surface area (Å²) in [7, 11) is 0. The van der Waals surface area contributed by atoms with Crippen LogP contribution in [0, 0.1) is 0 Å². The van der Waals surface area contributed by atoms with E-state index in [1.807, 2.05) is 42.2 Å². The highest BCUT2D eigenvalue weighted by atomic mass is 16.5. The second-order valence-corrected chi connectivity index (χ2v) is 6.91. The van der Waals surface area contributed by atoms with Crippen molar-refractivity contribution in [2.45, 2.75) is 18.9 Å². The second-order valence-electron chi connectivity index (χ2n) is 6.91. The summed E-state index contributed by atoms with van der Waals surface area (Å²) in [6, 6.07) is 9.72. The van der Waals surface area contributed by atoms with E-state index in [4.69, 9.17) is 14.2 Å². The van der Waals surface area contributed by atoms with Crippen LogP contribution in [0.15, 0.2) is 47.2 Å². The van der Waals surface area contributed by atoms with Gasteiger partial charge in [-0.2, -0.15) is 0 Å². The average Bonchev–Trinajstić information content (AvgIpc) is 3.24. The first-order valence-electron chi connectivity index (χ1n) is 9.27. The fraction of sp³-hybridized carbons (Fsp3) is 0.300. The van der Waals surface area contributed by atoms with Gasteiger partial charge in [-0.15, -0.1) is 0 Å². The van der Waals surface area contributed by atoms with Gasteiger partial charge in [0.1, 0.15) is 11.2 Å². The van der Waals surface area contributed by atoms with Gasteiger partial charge in [0.25, 0.3) is 5.91 Å². The first kappa shape index (κ1) is 16.9. The van der Waals surface area contributed by atoms with Gasteiger partial charge in [0.2, 0.25) is 0 Å². The van der Waals surface area contributed by atoms with E-state index < -0.39 is 5.54 Å². The van der Waals surface area contributed by atoms with Crippen LogP contribution < -0.4 is 10.2 Å². The lowest BCUT2D eigenvalue weighted by atomic mass is 9.90. The van der Waals surface area contributed by atoms with Crippen molar-refractivity contribution in [3.05, 3.63) is 42.7 Å². The molecule has 1 atom stereocenters. The minimum absolute atomic E-state index is 0.0755. The molecule has 8 nitrogen and oxygen atoms in total. The first-order chi connectivity index (χ1) is 13.7. The Morgan fingerprint density at radius 3 is 2.93 bits per heavy atom. The number of ether oxygens (including phenoxy) is 1. The molecular weight excluding hydrogens is 358 g/mol. The lowest BCUT2D eigenvalue weighted by Crippen LogP contribution is -2.66. The van der Waals surface area contributed by atoms with E-state index >= 15 is 0 Å². The highest BCUT2D eigenvalue weighted by Gasteiger charge is 2.49. The highest BCUT2D eigenvalue weighted by Crippen LogP contribution is 2.40. The maximum atomic E-state index is 12.8. The fourth-order valence-corrected chi connectivity index (χ4v) is 3.87. The normalized spacial score (nSPS) is 21.0. The molecule has 142 valence electrons. The van der Waals surface area contributed by atoms with Crippen molar-refractivity contribution in [1.82, 2.24) is 15.1 Å². The molecule has 1 N–H and O–H groups in total. The number of carbonyl (C=O) groups is 1. The Bertz CT molecular complexity index is 1040. The predicted molar refractivity (Wildman–Crippen MR) is 103 cm³/mol. The third-order valence-electron chi connectivity index (χ3n) is 5.44. The Balaban J connectivity index is 1.62. The Labute approximate surface area is 161 Å². The van der Waals surface area contributed by atoms with Crippen LogP contribution in [0.3, 0.4) is 0 Å². The lowest BCUT2D eigenvalue weighted by molar-refractivity contribution is -0.125. The molecule has 1 saturated heterocycles. The molecule has 28 heavy (non-hydrogen) atoms. The van der Waals surface area contributed by atoms with E-state index in [9.17, 15) is 4.79 Å². The number of amides is 1. The average molecular weight is 377 g/mol. The summed E-state index contributed by atoms with van der Waals surface area (Å²) in [5, 5.41) is 6.90. The number of hydrogen-bond acceptors (Lipinski definition) is 7. The van der Waals surface area contributed by atoms with Gasteiger partial charge in [-0.25, -0.2) is 9.97 Å². The van der Waals surface area contributed by atoms with Crippen LogP contribution in [0.2, 0.25) is 0 Å². The molecule has 1 unspecified atom stereocenters. The van der Waals surface area contributed by atoms with Gasteiger partial charge < -0.3 is 19.5 Å². The number of morpholine rings is 1. The van der Waals surface area contributed by atoms with Gasteiger partial charge in [0, 0.05) is 12.1 Å². The summed E-state index contributed by atoms with van der Waals surface area (Å²) >= 11 is 0. The highest BCUT2D eigenvalue weighted by molar-refractivity contribution is 6.06. The molecule has 0 bridgehead atoms. The van der Waals surface area contributed by atoms with E-state index in [2.05, 4.69) is 15.5 Å². The predicted octanol–water partition coefficient (Wildman–Crippen LogP) is 2.74. The molecule has 8 heteroatoms. The summed E-state index contributed by atoms with van der Waals surface area (Å²) in [4.78, 5) is 24.1. The number of hydrogen-bond donors (Lipinski definition) is 1. The molecule has 0 radical (unpaired) electrons. The monoisotopic (exact) mass is 377 g/mol. The number of rotatable bonds is 3. The molecule has 1 aromatic carbocycles. The summed E-state index contributed by atoms with van der Waals surface area (Å²) in [6.45, 7) is 3.48. The third kappa shape index (κ3) is 2.41. The van der Waals surface area contributed by atoms with Crippen LogP contribution in [0.4, 0.5) is 11.5 Å². The van der Waals surface area contributed by atoms with Gasteiger partial charge in [-0.05, 0) is 6.42 Å². The summed E-state index contributed by atoms with van der Waals surface area (Å²) in [5.41, 5.74) is 1.48. The van der Waals surface area contributed by atoms with Crippen molar-refractivity contribution in [2.24, 2.45) is 0 Å². The van der Waals surface area contributed by atoms with E-state index in [0.717, 1.165) is 5.56 Å². The summed E-state index contributed by atoms with van der Waals surface area (Å²) in [5.74, 6) is 1.75. The number of nitrogens with one attached hydrogen (secondary N) is 1. The van der Waals surface area contributed by atoms with Crippen molar-refractivity contribution < 1.29 is 14.1 Å². The van der Waals surface area contributed by atoms with E-state index in [1.165, 1.54) is 0 Å². The Morgan fingerprint density at radius 1 is 1.25 bits per heavy atom. The maximum absolute atomic E-state index is 12.8. The van der Waals surface area contributed by atoms with Gasteiger partial charge in [0.15, 0.2) is 17.4 Å². The van der Waals surface area contributed by atoms with Crippen molar-refractivity contribution in [1.29, 1.82) is 0 Å². The van der Waals surface area contributed by atoms with Gasteiger partial charge in [-0.3, -0.25) is 4.79 Å². The Morgan fingerprint density at radius 2 is 2.11 bits per heavy atom. The van der Waals surface area contributed by atoms with E-state index in [1.54, 1.807) is 12.4 Å². The van der Waals surface area contributed by atoms with Crippen LogP contribution in [-0.4, -0.2) is 46.3 Å². The molecular formula is C20H19N5O3. The molecule has 1 amide bonds. The topological polar surface area (TPSA) is 93.4 Å². The molecule has 0 aliphatic carbocycles. The molecule has 2 aliphatic heterocycles.